The van der Waals surface area contributed by atoms with Crippen molar-refractivity contribution in [3.8, 4) is 0 Å². The summed E-state index contributed by atoms with van der Waals surface area (Å²) in [6.07, 6.45) is 2.14. The monoisotopic (exact) mass is 229 g/mol. The van der Waals surface area contributed by atoms with E-state index in [1.165, 1.54) is 0 Å². The van der Waals surface area contributed by atoms with Gasteiger partial charge in [-0.05, 0) is 26.7 Å². The second kappa shape index (κ2) is 6.21. The van der Waals surface area contributed by atoms with E-state index in [4.69, 9.17) is 9.84 Å². The molecule has 94 valence electrons. The fraction of sp³-hybridized carbons (Fsp3) is 0.917. The number of morpholine rings is 1. The highest BCUT2D eigenvalue weighted by Crippen LogP contribution is 2.22. The first-order valence-electron chi connectivity index (χ1n) is 6.15. The van der Waals surface area contributed by atoms with E-state index in [1.807, 2.05) is 6.92 Å². The van der Waals surface area contributed by atoms with Gasteiger partial charge in [-0.3, -0.25) is 9.69 Å². The number of carboxylic acids is 1. The maximum atomic E-state index is 10.6. The van der Waals surface area contributed by atoms with Gasteiger partial charge in [0.15, 0.2) is 0 Å². The molecule has 0 bridgehead atoms. The zero-order valence-corrected chi connectivity index (χ0v) is 10.5. The summed E-state index contributed by atoms with van der Waals surface area (Å²) in [6, 6.07) is 0.755. The van der Waals surface area contributed by atoms with Crippen LogP contribution in [0.5, 0.6) is 0 Å². The molecule has 0 spiro atoms. The largest absolute Gasteiger partial charge is 0.481 e. The van der Waals surface area contributed by atoms with E-state index in [9.17, 15) is 4.79 Å². The molecule has 1 saturated heterocycles. The van der Waals surface area contributed by atoms with Gasteiger partial charge >= 0.3 is 5.97 Å². The van der Waals surface area contributed by atoms with E-state index < -0.39 is 5.97 Å². The predicted molar refractivity (Wildman–Crippen MR) is 62.5 cm³/mol. The summed E-state index contributed by atoms with van der Waals surface area (Å²) in [6.45, 7) is 8.09. The van der Waals surface area contributed by atoms with Crippen molar-refractivity contribution in [3.05, 3.63) is 0 Å². The molecule has 1 fully saturated rings. The number of carboxylic acid groups (broad SMARTS) is 1. The molecule has 0 radical (unpaired) electrons. The molecular formula is C12H23NO3. The quantitative estimate of drug-likeness (QED) is 0.780. The predicted octanol–water partition coefficient (Wildman–Crippen LogP) is 1.74. The minimum atomic E-state index is -0.720. The Hall–Kier alpha value is -0.610. The van der Waals surface area contributed by atoms with Crippen LogP contribution in [-0.2, 0) is 9.53 Å². The van der Waals surface area contributed by atoms with E-state index in [2.05, 4.69) is 18.7 Å². The Morgan fingerprint density at radius 2 is 2.31 bits per heavy atom. The Kier molecular flexibility index (Phi) is 5.22. The minimum absolute atomic E-state index is 0.141. The van der Waals surface area contributed by atoms with Gasteiger partial charge < -0.3 is 9.84 Å². The number of ether oxygens (including phenoxy) is 1. The molecule has 0 aromatic heterocycles. The number of nitrogens with zero attached hydrogens (tertiary/aromatic N) is 1. The van der Waals surface area contributed by atoms with Crippen molar-refractivity contribution >= 4 is 5.97 Å². The molecule has 4 heteroatoms. The van der Waals surface area contributed by atoms with Crippen molar-refractivity contribution in [3.63, 3.8) is 0 Å². The highest BCUT2D eigenvalue weighted by molar-refractivity contribution is 5.66. The third-order valence-electron chi connectivity index (χ3n) is 3.51. The number of rotatable bonds is 5. The van der Waals surface area contributed by atoms with Crippen LogP contribution in [0.1, 0.15) is 40.0 Å². The molecule has 3 atom stereocenters. The van der Waals surface area contributed by atoms with Gasteiger partial charge in [-0.15, -0.1) is 0 Å². The van der Waals surface area contributed by atoms with Crippen LogP contribution < -0.4 is 0 Å². The summed E-state index contributed by atoms with van der Waals surface area (Å²) in [7, 11) is 0. The molecule has 1 heterocycles. The summed E-state index contributed by atoms with van der Waals surface area (Å²) < 4.78 is 5.61. The van der Waals surface area contributed by atoms with Crippen molar-refractivity contribution in [1.82, 2.24) is 4.90 Å². The molecular weight excluding hydrogens is 206 g/mol. The summed E-state index contributed by atoms with van der Waals surface area (Å²) in [5.74, 6) is -0.720. The molecule has 1 N–H and O–H groups in total. The lowest BCUT2D eigenvalue weighted by Crippen LogP contribution is -2.53. The standard InChI is InChI=1S/C12H23NO3/c1-4-9(2)13-7-8-16-10(3)11(13)5-6-12(14)15/h9-11H,4-8H2,1-3H3,(H,14,15)/t9?,10-,11-/m0/s1. The number of carbonyl (C=O) groups is 1. The maximum Gasteiger partial charge on any atom is 0.303 e. The number of aliphatic carboxylic acids is 1. The molecule has 0 amide bonds. The van der Waals surface area contributed by atoms with E-state index in [1.54, 1.807) is 0 Å². The normalized spacial score (nSPS) is 28.9. The molecule has 0 aliphatic carbocycles. The van der Waals surface area contributed by atoms with Gasteiger partial charge in [-0.1, -0.05) is 6.92 Å². The summed E-state index contributed by atoms with van der Waals surface area (Å²) in [4.78, 5) is 13.0. The lowest BCUT2D eigenvalue weighted by molar-refractivity contribution is -0.138. The van der Waals surface area contributed by atoms with Crippen LogP contribution >= 0.6 is 0 Å². The van der Waals surface area contributed by atoms with Gasteiger partial charge in [0.05, 0.1) is 12.7 Å². The highest BCUT2D eigenvalue weighted by Gasteiger charge is 2.31. The average Bonchev–Trinajstić information content (AvgIpc) is 2.25. The van der Waals surface area contributed by atoms with Gasteiger partial charge in [0, 0.05) is 25.0 Å². The van der Waals surface area contributed by atoms with Crippen LogP contribution in [0.2, 0.25) is 0 Å². The molecule has 0 aromatic carbocycles. The Balaban J connectivity index is 2.59. The van der Waals surface area contributed by atoms with Crippen LogP contribution in [0.3, 0.4) is 0 Å². The zero-order chi connectivity index (χ0) is 12.1. The van der Waals surface area contributed by atoms with Crippen LogP contribution in [0.4, 0.5) is 0 Å². The van der Waals surface area contributed by atoms with Crippen molar-refractivity contribution in [1.29, 1.82) is 0 Å². The Morgan fingerprint density at radius 3 is 2.88 bits per heavy atom. The second-order valence-electron chi connectivity index (χ2n) is 4.57. The fourth-order valence-corrected chi connectivity index (χ4v) is 2.34. The first-order valence-corrected chi connectivity index (χ1v) is 6.15. The minimum Gasteiger partial charge on any atom is -0.481 e. The van der Waals surface area contributed by atoms with Crippen LogP contribution in [-0.4, -0.2) is 47.3 Å². The van der Waals surface area contributed by atoms with Crippen LogP contribution in [0.25, 0.3) is 0 Å². The van der Waals surface area contributed by atoms with Gasteiger partial charge in [0.1, 0.15) is 0 Å². The third-order valence-corrected chi connectivity index (χ3v) is 3.51. The van der Waals surface area contributed by atoms with Gasteiger partial charge in [0.25, 0.3) is 0 Å². The fourth-order valence-electron chi connectivity index (χ4n) is 2.34. The van der Waals surface area contributed by atoms with Crippen molar-refractivity contribution < 1.29 is 14.6 Å². The Morgan fingerprint density at radius 1 is 1.62 bits per heavy atom. The molecule has 0 aromatic rings. The van der Waals surface area contributed by atoms with Crippen LogP contribution in [0.15, 0.2) is 0 Å². The van der Waals surface area contributed by atoms with E-state index in [0.717, 1.165) is 19.6 Å². The van der Waals surface area contributed by atoms with Crippen molar-refractivity contribution in [2.24, 2.45) is 0 Å². The summed E-state index contributed by atoms with van der Waals surface area (Å²) >= 11 is 0. The SMILES string of the molecule is CCC(C)N1CCO[C@@H](C)[C@@H]1CCC(=O)O. The van der Waals surface area contributed by atoms with E-state index in [-0.39, 0.29) is 18.6 Å². The topological polar surface area (TPSA) is 49.8 Å². The van der Waals surface area contributed by atoms with Crippen molar-refractivity contribution in [2.75, 3.05) is 13.2 Å². The molecule has 1 rings (SSSR count). The lowest BCUT2D eigenvalue weighted by Gasteiger charge is -2.43. The highest BCUT2D eigenvalue weighted by atomic mass is 16.5. The maximum absolute atomic E-state index is 10.6. The van der Waals surface area contributed by atoms with Crippen LogP contribution in [0, 0.1) is 0 Å². The first-order chi connectivity index (χ1) is 7.56. The number of hydrogen-bond acceptors (Lipinski definition) is 3. The smallest absolute Gasteiger partial charge is 0.303 e. The molecule has 0 saturated carbocycles. The van der Waals surface area contributed by atoms with E-state index in [0.29, 0.717) is 12.5 Å². The lowest BCUT2D eigenvalue weighted by atomic mass is 10.00. The van der Waals surface area contributed by atoms with Crippen molar-refractivity contribution in [2.45, 2.75) is 58.2 Å². The average molecular weight is 229 g/mol. The summed E-state index contributed by atoms with van der Waals surface area (Å²) in [5, 5.41) is 8.75. The molecule has 16 heavy (non-hydrogen) atoms. The van der Waals surface area contributed by atoms with E-state index >= 15 is 0 Å². The third kappa shape index (κ3) is 3.46. The number of hydrogen-bond donors (Lipinski definition) is 1. The zero-order valence-electron chi connectivity index (χ0n) is 10.5. The molecule has 1 aliphatic heterocycles. The van der Waals surface area contributed by atoms with Gasteiger partial charge in [0.2, 0.25) is 0 Å². The Labute approximate surface area is 97.6 Å². The molecule has 4 nitrogen and oxygen atoms in total. The molecule has 1 aliphatic rings. The second-order valence-corrected chi connectivity index (χ2v) is 4.57. The van der Waals surface area contributed by atoms with Gasteiger partial charge in [-0.25, -0.2) is 0 Å². The Bertz CT molecular complexity index is 232. The molecule has 1 unspecified atom stereocenters. The summed E-state index contributed by atoms with van der Waals surface area (Å²) in [5.41, 5.74) is 0. The first kappa shape index (κ1) is 13.5. The van der Waals surface area contributed by atoms with Gasteiger partial charge in [-0.2, -0.15) is 0 Å².